The maximum absolute atomic E-state index is 12.7. The molecule has 0 aliphatic heterocycles. The average Bonchev–Trinajstić information content (AvgIpc) is 3.36. The Bertz CT molecular complexity index is 1400. The van der Waals surface area contributed by atoms with Crippen LogP contribution >= 0.6 is 11.3 Å². The lowest BCUT2D eigenvalue weighted by atomic mass is 10.3. The van der Waals surface area contributed by atoms with E-state index in [1.165, 1.54) is 22.0 Å². The molecule has 1 amide bonds. The highest BCUT2D eigenvalue weighted by Crippen LogP contribution is 2.22. The van der Waals surface area contributed by atoms with Crippen LogP contribution in [0.3, 0.4) is 0 Å². The number of nitrogens with zero attached hydrogens (tertiary/aromatic N) is 3. The highest BCUT2D eigenvalue weighted by Gasteiger charge is 2.07. The molecule has 0 saturated heterocycles. The molecule has 2 aromatic heterocycles. The number of nitrogens with one attached hydrogen (secondary N) is 1. The lowest BCUT2D eigenvalue weighted by molar-refractivity contribution is -0.110. The first-order valence-electron chi connectivity index (χ1n) is 9.48. The molecule has 2 heterocycles. The minimum absolute atomic E-state index is 0.172. The highest BCUT2D eigenvalue weighted by atomic mass is 32.1. The van der Waals surface area contributed by atoms with Gasteiger partial charge in [0.05, 0.1) is 29.2 Å². The second-order valence-electron chi connectivity index (χ2n) is 6.70. The van der Waals surface area contributed by atoms with E-state index >= 15 is 0 Å². The van der Waals surface area contributed by atoms with E-state index in [1.54, 1.807) is 43.2 Å². The van der Waals surface area contributed by atoms with Gasteiger partial charge in [0.2, 0.25) is 0 Å². The van der Waals surface area contributed by atoms with Crippen LogP contribution in [0.1, 0.15) is 5.56 Å². The summed E-state index contributed by atoms with van der Waals surface area (Å²) in [7, 11) is 3.19. The van der Waals surface area contributed by atoms with Crippen LogP contribution < -0.4 is 24.8 Å². The zero-order valence-electron chi connectivity index (χ0n) is 17.0. The van der Waals surface area contributed by atoms with Crippen molar-refractivity contribution in [2.24, 2.45) is 7.05 Å². The van der Waals surface area contributed by atoms with Crippen LogP contribution in [0.15, 0.2) is 71.8 Å². The third kappa shape index (κ3) is 4.49. The molecule has 156 valence electrons. The van der Waals surface area contributed by atoms with Crippen molar-refractivity contribution in [1.29, 1.82) is 0 Å². The second-order valence-corrected chi connectivity index (χ2v) is 7.76. The minimum Gasteiger partial charge on any atom is -0.495 e. The SMILES string of the molecule is COc1ccccc1NC(=O)/C=c1/s/c(=C\c2cnn(-c3ccccc3)c2)c(=O)n1C. The predicted octanol–water partition coefficient (Wildman–Crippen LogP) is 1.89. The van der Waals surface area contributed by atoms with Crippen molar-refractivity contribution in [2.75, 3.05) is 12.4 Å². The second kappa shape index (κ2) is 8.85. The standard InChI is InChI=1S/C23H20N4O3S/c1-26-22(13-21(28)25-18-10-6-7-11-19(18)30-2)31-20(23(26)29)12-16-14-24-27(15-16)17-8-4-3-5-9-17/h3-15H,1-2H3,(H,25,28)/b20-12-,22-13+. The molecule has 0 saturated carbocycles. The van der Waals surface area contributed by atoms with Gasteiger partial charge in [-0.2, -0.15) is 5.10 Å². The molecule has 1 N–H and O–H groups in total. The first-order valence-corrected chi connectivity index (χ1v) is 10.3. The number of hydrogen-bond donors (Lipinski definition) is 1. The zero-order valence-corrected chi connectivity index (χ0v) is 17.8. The molecule has 7 nitrogen and oxygen atoms in total. The van der Waals surface area contributed by atoms with E-state index in [4.69, 9.17) is 4.74 Å². The number of amides is 1. The minimum atomic E-state index is -0.343. The highest BCUT2D eigenvalue weighted by molar-refractivity contribution is 7.07. The molecule has 8 heteroatoms. The molecule has 4 rings (SSSR count). The summed E-state index contributed by atoms with van der Waals surface area (Å²) < 4.78 is 9.52. The Kier molecular flexibility index (Phi) is 5.81. The molecule has 2 aromatic carbocycles. The molecule has 0 aliphatic rings. The van der Waals surface area contributed by atoms with E-state index in [2.05, 4.69) is 10.4 Å². The number of aromatic nitrogens is 3. The number of ether oxygens (including phenoxy) is 1. The molecule has 0 spiro atoms. The third-order valence-corrected chi connectivity index (χ3v) is 5.71. The van der Waals surface area contributed by atoms with Gasteiger partial charge in [0.15, 0.2) is 0 Å². The molecule has 0 fully saturated rings. The number of hydrogen-bond acceptors (Lipinski definition) is 5. The summed E-state index contributed by atoms with van der Waals surface area (Å²) in [5.74, 6) is 0.221. The summed E-state index contributed by atoms with van der Waals surface area (Å²) in [4.78, 5) is 25.1. The molecular formula is C23H20N4O3S. The molecule has 4 aromatic rings. The molecule has 0 atom stereocenters. The fourth-order valence-corrected chi connectivity index (χ4v) is 4.05. The molecular weight excluding hydrogens is 412 g/mol. The zero-order chi connectivity index (χ0) is 21.8. The van der Waals surface area contributed by atoms with Gasteiger partial charge in [-0.1, -0.05) is 30.3 Å². The Hall–Kier alpha value is -3.91. The number of anilines is 1. The van der Waals surface area contributed by atoms with E-state index in [1.807, 2.05) is 48.7 Å². The Labute approximate surface area is 182 Å². The lowest BCUT2D eigenvalue weighted by Gasteiger charge is -2.07. The van der Waals surface area contributed by atoms with Crippen molar-refractivity contribution in [2.45, 2.75) is 0 Å². The molecule has 31 heavy (non-hydrogen) atoms. The number of methoxy groups -OCH3 is 1. The fraction of sp³-hybridized carbons (Fsp3) is 0.0870. The van der Waals surface area contributed by atoms with Gasteiger partial charge in [-0.15, -0.1) is 11.3 Å². The first kappa shape index (κ1) is 20.4. The van der Waals surface area contributed by atoms with Crippen LogP contribution in [-0.4, -0.2) is 27.4 Å². The van der Waals surface area contributed by atoms with Crippen LogP contribution in [0.25, 0.3) is 17.8 Å². The lowest BCUT2D eigenvalue weighted by Crippen LogP contribution is -2.29. The normalized spacial score (nSPS) is 12.2. The van der Waals surface area contributed by atoms with Gasteiger partial charge in [-0.3, -0.25) is 9.59 Å². The number of benzene rings is 2. The number of carbonyl (C=O) groups is 1. The van der Waals surface area contributed by atoms with Crippen molar-refractivity contribution >= 4 is 35.1 Å². The van der Waals surface area contributed by atoms with Crippen molar-refractivity contribution in [1.82, 2.24) is 14.3 Å². The molecule has 0 bridgehead atoms. The van der Waals surface area contributed by atoms with Gasteiger partial charge < -0.3 is 14.6 Å². The Morgan fingerprint density at radius 3 is 2.65 bits per heavy atom. The summed E-state index contributed by atoms with van der Waals surface area (Å²) in [6, 6.07) is 16.9. The van der Waals surface area contributed by atoms with Crippen LogP contribution in [0, 0.1) is 0 Å². The molecule has 0 unspecified atom stereocenters. The number of para-hydroxylation sites is 3. The van der Waals surface area contributed by atoms with Crippen LogP contribution in [0.5, 0.6) is 5.75 Å². The quantitative estimate of drug-likeness (QED) is 0.523. The van der Waals surface area contributed by atoms with Crippen molar-refractivity contribution < 1.29 is 9.53 Å². The summed E-state index contributed by atoms with van der Waals surface area (Å²) >= 11 is 1.25. The van der Waals surface area contributed by atoms with E-state index < -0.39 is 0 Å². The van der Waals surface area contributed by atoms with Crippen LogP contribution in [0.2, 0.25) is 0 Å². The van der Waals surface area contributed by atoms with Crippen molar-refractivity contribution in [3.63, 3.8) is 0 Å². The third-order valence-electron chi connectivity index (χ3n) is 4.60. The Morgan fingerprint density at radius 2 is 1.87 bits per heavy atom. The van der Waals surface area contributed by atoms with Gasteiger partial charge in [0.25, 0.3) is 11.5 Å². The van der Waals surface area contributed by atoms with Gasteiger partial charge in [0.1, 0.15) is 10.4 Å². The van der Waals surface area contributed by atoms with E-state index in [9.17, 15) is 9.59 Å². The van der Waals surface area contributed by atoms with Gasteiger partial charge in [-0.25, -0.2) is 4.68 Å². The fourth-order valence-electron chi connectivity index (χ4n) is 3.02. The average molecular weight is 433 g/mol. The largest absolute Gasteiger partial charge is 0.495 e. The van der Waals surface area contributed by atoms with Crippen LogP contribution in [-0.2, 0) is 11.8 Å². The summed E-state index contributed by atoms with van der Waals surface area (Å²) in [5.41, 5.74) is 2.12. The monoisotopic (exact) mass is 432 g/mol. The van der Waals surface area contributed by atoms with E-state index in [0.29, 0.717) is 20.6 Å². The maximum Gasteiger partial charge on any atom is 0.268 e. The van der Waals surface area contributed by atoms with E-state index in [0.717, 1.165) is 11.3 Å². The predicted molar refractivity (Wildman–Crippen MR) is 122 cm³/mol. The van der Waals surface area contributed by atoms with Crippen LogP contribution in [0.4, 0.5) is 5.69 Å². The molecule has 0 radical (unpaired) electrons. The summed E-state index contributed by atoms with van der Waals surface area (Å²) in [6.45, 7) is 0. The number of carbonyl (C=O) groups excluding carboxylic acids is 1. The Balaban J connectivity index is 1.63. The number of rotatable bonds is 5. The van der Waals surface area contributed by atoms with Crippen molar-refractivity contribution in [3.05, 3.63) is 92.1 Å². The topological polar surface area (TPSA) is 78.2 Å². The van der Waals surface area contributed by atoms with E-state index in [-0.39, 0.29) is 11.5 Å². The summed E-state index contributed by atoms with van der Waals surface area (Å²) in [6.07, 6.45) is 6.73. The van der Waals surface area contributed by atoms with Gasteiger partial charge in [-0.05, 0) is 30.3 Å². The van der Waals surface area contributed by atoms with Crippen molar-refractivity contribution in [3.8, 4) is 11.4 Å². The maximum atomic E-state index is 12.7. The summed E-state index contributed by atoms with van der Waals surface area (Å²) in [5, 5.41) is 7.14. The van der Waals surface area contributed by atoms with Gasteiger partial charge >= 0.3 is 0 Å². The molecule has 0 aliphatic carbocycles. The smallest absolute Gasteiger partial charge is 0.268 e. The number of thiazole rings is 1. The van der Waals surface area contributed by atoms with Gasteiger partial charge in [0, 0.05) is 24.9 Å². The first-order chi connectivity index (χ1) is 15.0. The Morgan fingerprint density at radius 1 is 1.13 bits per heavy atom.